The van der Waals surface area contributed by atoms with E-state index in [1.807, 2.05) is 24.3 Å². The lowest BCUT2D eigenvalue weighted by molar-refractivity contribution is -0.137. The first kappa shape index (κ1) is 23.2. The number of rotatable bonds is 6. The maximum Gasteiger partial charge on any atom is 0.416 e. The highest BCUT2D eigenvalue weighted by atomic mass is 19.4. The highest BCUT2D eigenvalue weighted by Crippen LogP contribution is 2.40. The van der Waals surface area contributed by atoms with E-state index < -0.39 is 11.7 Å². The molecule has 3 aromatic rings. The molecule has 5 nitrogen and oxygen atoms in total. The van der Waals surface area contributed by atoms with Crippen LogP contribution in [-0.4, -0.2) is 36.7 Å². The summed E-state index contributed by atoms with van der Waals surface area (Å²) in [6.45, 7) is 2.11. The van der Waals surface area contributed by atoms with E-state index in [0.29, 0.717) is 23.6 Å². The van der Waals surface area contributed by atoms with Crippen LogP contribution in [0.15, 0.2) is 66.7 Å². The van der Waals surface area contributed by atoms with Gasteiger partial charge in [-0.15, -0.1) is 0 Å². The number of nitrogens with one attached hydrogen (secondary N) is 1. The number of pyridine rings is 1. The van der Waals surface area contributed by atoms with Crippen LogP contribution in [0.25, 0.3) is 11.3 Å². The quantitative estimate of drug-likeness (QED) is 0.447. The zero-order valence-electron chi connectivity index (χ0n) is 19.3. The zero-order valence-corrected chi connectivity index (χ0v) is 19.3. The van der Waals surface area contributed by atoms with Gasteiger partial charge >= 0.3 is 12.2 Å². The molecule has 1 saturated heterocycles. The van der Waals surface area contributed by atoms with Crippen molar-refractivity contribution in [1.82, 2.24) is 10.3 Å². The van der Waals surface area contributed by atoms with Gasteiger partial charge in [0.2, 0.25) is 0 Å². The van der Waals surface area contributed by atoms with Crippen molar-refractivity contribution in [3.63, 3.8) is 0 Å². The van der Waals surface area contributed by atoms with Crippen molar-refractivity contribution in [3.05, 3.63) is 77.9 Å². The van der Waals surface area contributed by atoms with E-state index >= 15 is 0 Å². The standard InChI is InChI=1S/C27H27F3N4O/c28-27(29,30)21-11-6-10-20(17-21)23-12-13-24-25(32-23)34(22-14-16-33(24)18-22)26(35)31-15-5-4-9-19-7-2-1-3-8-19/h1-3,6-8,10-13,17,22H,4-5,9,14-16,18H2,(H,31,35)/t22-/m0/s1. The number of carbonyl (C=O) groups excluding carboxylic acids is 1. The molecule has 1 fully saturated rings. The van der Waals surface area contributed by atoms with E-state index in [0.717, 1.165) is 56.6 Å². The Labute approximate surface area is 202 Å². The summed E-state index contributed by atoms with van der Waals surface area (Å²) in [5, 5.41) is 3.03. The molecule has 0 radical (unpaired) electrons. The Balaban J connectivity index is 1.31. The number of alkyl halides is 3. The molecule has 1 atom stereocenters. The molecular weight excluding hydrogens is 453 g/mol. The van der Waals surface area contributed by atoms with Gasteiger partial charge in [-0.25, -0.2) is 9.78 Å². The highest BCUT2D eigenvalue weighted by Gasteiger charge is 2.40. The molecule has 0 saturated carbocycles. The Bertz CT molecular complexity index is 1200. The second-order valence-corrected chi connectivity index (χ2v) is 9.05. The number of aromatic nitrogens is 1. The predicted molar refractivity (Wildman–Crippen MR) is 131 cm³/mol. The van der Waals surface area contributed by atoms with Gasteiger partial charge in [-0.2, -0.15) is 13.2 Å². The summed E-state index contributed by atoms with van der Waals surface area (Å²) in [6.07, 6.45) is -0.813. The van der Waals surface area contributed by atoms with Crippen LogP contribution < -0.4 is 15.1 Å². The van der Waals surface area contributed by atoms with Crippen molar-refractivity contribution in [3.8, 4) is 11.3 Å². The van der Waals surface area contributed by atoms with Crippen molar-refractivity contribution >= 4 is 17.5 Å². The molecule has 5 rings (SSSR count). The number of hydrogen-bond donors (Lipinski definition) is 1. The molecule has 2 bridgehead atoms. The maximum atomic E-state index is 13.2. The summed E-state index contributed by atoms with van der Waals surface area (Å²) in [5.74, 6) is 0.510. The fourth-order valence-electron chi connectivity index (χ4n) is 4.87. The Morgan fingerprint density at radius 1 is 1.03 bits per heavy atom. The molecule has 2 aromatic carbocycles. The lowest BCUT2D eigenvalue weighted by Gasteiger charge is -2.36. The molecule has 182 valence electrons. The summed E-state index contributed by atoms with van der Waals surface area (Å²) in [7, 11) is 0. The average molecular weight is 481 g/mol. The smallest absolute Gasteiger partial charge is 0.366 e. The second kappa shape index (κ2) is 9.60. The molecule has 0 aliphatic carbocycles. The molecule has 8 heteroatoms. The summed E-state index contributed by atoms with van der Waals surface area (Å²) < 4.78 is 39.7. The normalized spacial score (nSPS) is 16.8. The number of aryl methyl sites for hydroxylation is 1. The second-order valence-electron chi connectivity index (χ2n) is 9.05. The van der Waals surface area contributed by atoms with Crippen molar-refractivity contribution in [2.24, 2.45) is 0 Å². The Hall–Kier alpha value is -3.55. The van der Waals surface area contributed by atoms with E-state index in [9.17, 15) is 18.0 Å². The van der Waals surface area contributed by atoms with Gasteiger partial charge in [-0.05, 0) is 55.5 Å². The largest absolute Gasteiger partial charge is 0.416 e. The van der Waals surface area contributed by atoms with E-state index in [2.05, 4.69) is 22.3 Å². The summed E-state index contributed by atoms with van der Waals surface area (Å²) in [6, 6.07) is 18.8. The summed E-state index contributed by atoms with van der Waals surface area (Å²) in [5.41, 5.74) is 2.19. The molecule has 2 aliphatic heterocycles. The lowest BCUT2D eigenvalue weighted by atomic mass is 10.1. The van der Waals surface area contributed by atoms with Crippen LogP contribution in [0, 0.1) is 0 Å². The fourth-order valence-corrected chi connectivity index (χ4v) is 4.87. The van der Waals surface area contributed by atoms with Gasteiger partial charge in [0.15, 0.2) is 5.82 Å². The number of carbonyl (C=O) groups is 1. The van der Waals surface area contributed by atoms with Gasteiger partial charge in [0, 0.05) is 25.2 Å². The summed E-state index contributed by atoms with van der Waals surface area (Å²) >= 11 is 0. The number of unbranched alkanes of at least 4 members (excludes halogenated alkanes) is 1. The van der Waals surface area contributed by atoms with Crippen LogP contribution in [0.3, 0.4) is 0 Å². The minimum atomic E-state index is -4.43. The number of amides is 2. The SMILES string of the molecule is O=C(NCCCCc1ccccc1)N1c2nc(-c3cccc(C(F)(F)F)c3)ccc2N2CC[C@H]1C2. The van der Waals surface area contributed by atoms with Crippen molar-refractivity contribution in [2.75, 3.05) is 29.4 Å². The first-order valence-electron chi connectivity index (χ1n) is 11.9. The Morgan fingerprint density at radius 2 is 1.86 bits per heavy atom. The first-order valence-corrected chi connectivity index (χ1v) is 11.9. The predicted octanol–water partition coefficient (Wildman–Crippen LogP) is 5.90. The average Bonchev–Trinajstić information content (AvgIpc) is 3.28. The molecule has 3 heterocycles. The van der Waals surface area contributed by atoms with E-state index in [1.165, 1.54) is 11.6 Å². The third-order valence-electron chi connectivity index (χ3n) is 6.67. The number of benzene rings is 2. The topological polar surface area (TPSA) is 48.5 Å². The number of anilines is 2. The zero-order chi connectivity index (χ0) is 24.4. The third kappa shape index (κ3) is 4.97. The van der Waals surface area contributed by atoms with Crippen molar-refractivity contribution < 1.29 is 18.0 Å². The van der Waals surface area contributed by atoms with Gasteiger partial charge in [-0.3, -0.25) is 4.90 Å². The maximum absolute atomic E-state index is 13.2. The molecule has 2 aliphatic rings. The summed E-state index contributed by atoms with van der Waals surface area (Å²) in [4.78, 5) is 21.8. The first-order chi connectivity index (χ1) is 16.9. The molecular formula is C27H27F3N4O. The Morgan fingerprint density at radius 3 is 2.66 bits per heavy atom. The third-order valence-corrected chi connectivity index (χ3v) is 6.67. The number of urea groups is 1. The van der Waals surface area contributed by atoms with Gasteiger partial charge in [0.05, 0.1) is 23.0 Å². The number of nitrogens with zero attached hydrogens (tertiary/aromatic N) is 3. The highest BCUT2D eigenvalue weighted by molar-refractivity contribution is 5.97. The number of fused-ring (bicyclic) bond motifs is 4. The number of halogens is 3. The molecule has 0 spiro atoms. The minimum Gasteiger partial charge on any atom is -0.366 e. The van der Waals surface area contributed by atoms with Crippen LogP contribution in [0.1, 0.15) is 30.4 Å². The molecule has 35 heavy (non-hydrogen) atoms. The van der Waals surface area contributed by atoms with Gasteiger partial charge in [-0.1, -0.05) is 42.5 Å². The van der Waals surface area contributed by atoms with Gasteiger partial charge in [0.25, 0.3) is 0 Å². The van der Waals surface area contributed by atoms with Crippen LogP contribution >= 0.6 is 0 Å². The van der Waals surface area contributed by atoms with Crippen molar-refractivity contribution in [1.29, 1.82) is 0 Å². The number of hydrogen-bond acceptors (Lipinski definition) is 3. The van der Waals surface area contributed by atoms with E-state index in [-0.39, 0.29) is 12.1 Å². The minimum absolute atomic E-state index is 0.00363. The Kier molecular flexibility index (Phi) is 6.36. The molecule has 1 aromatic heterocycles. The molecule has 0 unspecified atom stereocenters. The lowest BCUT2D eigenvalue weighted by Crippen LogP contribution is -2.50. The molecule has 1 N–H and O–H groups in total. The monoisotopic (exact) mass is 480 g/mol. The van der Waals surface area contributed by atoms with Crippen LogP contribution in [0.2, 0.25) is 0 Å². The van der Waals surface area contributed by atoms with Gasteiger partial charge < -0.3 is 10.2 Å². The van der Waals surface area contributed by atoms with Crippen LogP contribution in [0.4, 0.5) is 29.5 Å². The van der Waals surface area contributed by atoms with Gasteiger partial charge in [0.1, 0.15) is 0 Å². The molecule has 2 amide bonds. The van der Waals surface area contributed by atoms with E-state index in [1.54, 1.807) is 17.0 Å². The van der Waals surface area contributed by atoms with Crippen molar-refractivity contribution in [2.45, 2.75) is 37.9 Å². The van der Waals surface area contributed by atoms with Crippen LogP contribution in [-0.2, 0) is 12.6 Å². The van der Waals surface area contributed by atoms with Crippen LogP contribution in [0.5, 0.6) is 0 Å². The van der Waals surface area contributed by atoms with E-state index in [4.69, 9.17) is 4.98 Å². The fraction of sp³-hybridized carbons (Fsp3) is 0.333.